The number of carbonyl (C=O) groups excluding carboxylic acids is 1. The van der Waals surface area contributed by atoms with Crippen LogP contribution in [0.25, 0.3) is 0 Å². The Morgan fingerprint density at radius 3 is 1.54 bits per heavy atom. The Kier molecular flexibility index (Phi) is 18.2. The molecular formula is C44H63FN4O. The van der Waals surface area contributed by atoms with Gasteiger partial charge in [0.25, 0.3) is 0 Å². The van der Waals surface area contributed by atoms with Crippen molar-refractivity contribution < 1.29 is 9.18 Å². The summed E-state index contributed by atoms with van der Waals surface area (Å²) in [5.74, 6) is 3.56. The van der Waals surface area contributed by atoms with Crippen LogP contribution >= 0.6 is 0 Å². The molecule has 5 nitrogen and oxygen atoms in total. The van der Waals surface area contributed by atoms with Crippen LogP contribution in [0.1, 0.15) is 164 Å². The molecule has 6 heteroatoms. The lowest BCUT2D eigenvalue weighted by Crippen LogP contribution is -2.08. The normalized spacial score (nSPS) is 13.4. The fourth-order valence-electron chi connectivity index (χ4n) is 4.76. The fraction of sp³-hybridized carbons (Fsp3) is 0.523. The molecule has 0 spiro atoms. The Bertz CT molecular complexity index is 1410. The third-order valence-corrected chi connectivity index (χ3v) is 8.36. The lowest BCUT2D eigenvalue weighted by atomic mass is 10.1. The van der Waals surface area contributed by atoms with E-state index in [9.17, 15) is 9.18 Å². The SMILES string of the molecule is CC(C)C(=O)C1CC1.CC(C)c1ccc(C2CC2)cn1.CC(C)c1cccc(F)n1.Cc1cccc(C(C)C)n1.Cc1ccnc(C(C)C)c1. The molecule has 4 aromatic heterocycles. The van der Waals surface area contributed by atoms with E-state index in [0.29, 0.717) is 35.4 Å². The van der Waals surface area contributed by atoms with E-state index >= 15 is 0 Å². The second-order valence-corrected chi connectivity index (χ2v) is 15.1. The summed E-state index contributed by atoms with van der Waals surface area (Å²) in [6.07, 6.45) is 8.94. The molecule has 0 bridgehead atoms. The largest absolute Gasteiger partial charge is 0.299 e. The molecule has 0 aromatic carbocycles. The molecule has 272 valence electrons. The molecule has 2 fully saturated rings. The maximum atomic E-state index is 12.4. The molecule has 0 radical (unpaired) electrons. The van der Waals surface area contributed by atoms with Gasteiger partial charge in [-0.25, -0.2) is 4.98 Å². The van der Waals surface area contributed by atoms with Crippen LogP contribution in [0.4, 0.5) is 4.39 Å². The number of rotatable bonds is 7. The monoisotopic (exact) mass is 682 g/mol. The first-order chi connectivity index (χ1) is 23.6. The van der Waals surface area contributed by atoms with Gasteiger partial charge in [0.2, 0.25) is 5.95 Å². The molecule has 50 heavy (non-hydrogen) atoms. The van der Waals surface area contributed by atoms with Gasteiger partial charge < -0.3 is 0 Å². The quantitative estimate of drug-likeness (QED) is 0.181. The predicted molar refractivity (Wildman–Crippen MR) is 207 cm³/mol. The summed E-state index contributed by atoms with van der Waals surface area (Å²) in [4.78, 5) is 27.7. The summed E-state index contributed by atoms with van der Waals surface area (Å²) in [6.45, 7) is 25.0. The number of hydrogen-bond donors (Lipinski definition) is 0. The Balaban J connectivity index is 0.000000218. The number of ketones is 1. The lowest BCUT2D eigenvalue weighted by Gasteiger charge is -2.04. The zero-order valence-electron chi connectivity index (χ0n) is 32.9. The van der Waals surface area contributed by atoms with E-state index in [1.54, 1.807) is 6.07 Å². The molecule has 2 aliphatic rings. The zero-order valence-corrected chi connectivity index (χ0v) is 32.9. The van der Waals surface area contributed by atoms with Crippen molar-refractivity contribution in [3.63, 3.8) is 0 Å². The molecule has 0 saturated heterocycles. The van der Waals surface area contributed by atoms with Crippen molar-refractivity contribution in [3.05, 3.63) is 119 Å². The molecule has 0 N–H and O–H groups in total. The van der Waals surface area contributed by atoms with Crippen molar-refractivity contribution in [2.45, 2.75) is 138 Å². The second-order valence-electron chi connectivity index (χ2n) is 15.1. The second kappa shape index (κ2) is 21.4. The highest BCUT2D eigenvalue weighted by Gasteiger charge is 2.30. The standard InChI is InChI=1S/C11H15N.2C9H13N.C8H10FN.C7H12O/c1-8(2)11-6-5-10(7-12-11)9-3-4-9;1-7(2)9-6-8(3)4-5-10-9;1-7(2)9-6-4-5-8(3)10-9;1-6(2)7-4-3-5-8(9)10-7;1-5(2)7(8)6-3-4-6/h5-9H,3-4H2,1-2H3;2*4-7H,1-3H3;3-6H,1-2H3;5-6H,3-4H2,1-2H3. The van der Waals surface area contributed by atoms with Gasteiger partial charge in [-0.3, -0.25) is 19.7 Å². The average molecular weight is 683 g/mol. The van der Waals surface area contributed by atoms with Gasteiger partial charge in [-0.15, -0.1) is 0 Å². The number of hydrogen-bond acceptors (Lipinski definition) is 5. The molecule has 0 aliphatic heterocycles. The van der Waals surface area contributed by atoms with E-state index in [0.717, 1.165) is 30.1 Å². The molecule has 2 saturated carbocycles. The van der Waals surface area contributed by atoms with Gasteiger partial charge in [-0.05, 0) is 123 Å². The molecule has 6 rings (SSSR count). The van der Waals surface area contributed by atoms with E-state index in [4.69, 9.17) is 0 Å². The maximum absolute atomic E-state index is 12.4. The molecule has 0 unspecified atom stereocenters. The minimum Gasteiger partial charge on any atom is -0.299 e. The fourth-order valence-corrected chi connectivity index (χ4v) is 4.76. The summed E-state index contributed by atoms with van der Waals surface area (Å²) in [7, 11) is 0. The maximum Gasteiger partial charge on any atom is 0.213 e. The van der Waals surface area contributed by atoms with Gasteiger partial charge in [0, 0.05) is 52.7 Å². The van der Waals surface area contributed by atoms with Crippen LogP contribution in [0.3, 0.4) is 0 Å². The van der Waals surface area contributed by atoms with Crippen molar-refractivity contribution in [1.29, 1.82) is 0 Å². The van der Waals surface area contributed by atoms with Crippen LogP contribution in [0.5, 0.6) is 0 Å². The van der Waals surface area contributed by atoms with Crippen molar-refractivity contribution in [2.75, 3.05) is 0 Å². The van der Waals surface area contributed by atoms with Crippen LogP contribution in [-0.4, -0.2) is 25.7 Å². The Hall–Kier alpha value is -3.80. The van der Waals surface area contributed by atoms with Crippen molar-refractivity contribution in [3.8, 4) is 0 Å². The summed E-state index contributed by atoms with van der Waals surface area (Å²) >= 11 is 0. The first-order valence-corrected chi connectivity index (χ1v) is 18.6. The summed E-state index contributed by atoms with van der Waals surface area (Å²) in [5.41, 5.74) is 8.20. The molecule has 4 aromatic rings. The number of nitrogens with zero attached hydrogens (tertiary/aromatic N) is 4. The molecular weight excluding hydrogens is 620 g/mol. The van der Waals surface area contributed by atoms with Crippen LogP contribution in [-0.2, 0) is 4.79 Å². The number of pyridine rings is 4. The number of Topliss-reactive ketones (excluding diaryl/α,β-unsaturated/α-hetero) is 1. The van der Waals surface area contributed by atoms with Crippen molar-refractivity contribution in [1.82, 2.24) is 19.9 Å². The third-order valence-electron chi connectivity index (χ3n) is 8.36. The van der Waals surface area contributed by atoms with Crippen LogP contribution in [0.15, 0.2) is 73.1 Å². The van der Waals surface area contributed by atoms with Crippen molar-refractivity contribution >= 4 is 5.78 Å². The lowest BCUT2D eigenvalue weighted by molar-refractivity contribution is -0.123. The topological polar surface area (TPSA) is 68.6 Å². The Morgan fingerprint density at radius 2 is 1.20 bits per heavy atom. The van der Waals surface area contributed by atoms with Gasteiger partial charge >= 0.3 is 0 Å². The van der Waals surface area contributed by atoms with Crippen LogP contribution in [0, 0.1) is 31.6 Å². The van der Waals surface area contributed by atoms with Crippen molar-refractivity contribution in [2.24, 2.45) is 11.8 Å². The highest BCUT2D eigenvalue weighted by Crippen LogP contribution is 2.39. The number of halogens is 1. The smallest absolute Gasteiger partial charge is 0.213 e. The van der Waals surface area contributed by atoms with Gasteiger partial charge in [-0.1, -0.05) is 87.4 Å². The van der Waals surface area contributed by atoms with Gasteiger partial charge in [0.15, 0.2) is 0 Å². The van der Waals surface area contributed by atoms with Crippen LogP contribution in [0.2, 0.25) is 0 Å². The van der Waals surface area contributed by atoms with E-state index < -0.39 is 5.95 Å². The first-order valence-electron chi connectivity index (χ1n) is 18.6. The summed E-state index contributed by atoms with van der Waals surface area (Å²) < 4.78 is 12.4. The van der Waals surface area contributed by atoms with Gasteiger partial charge in [0.1, 0.15) is 5.78 Å². The Labute approximate surface area is 303 Å². The molecule has 4 heterocycles. The molecule has 0 atom stereocenters. The zero-order chi connectivity index (χ0) is 37.4. The van der Waals surface area contributed by atoms with E-state index in [1.807, 2.05) is 65.2 Å². The van der Waals surface area contributed by atoms with E-state index in [-0.39, 0.29) is 5.92 Å². The van der Waals surface area contributed by atoms with Crippen LogP contribution < -0.4 is 0 Å². The van der Waals surface area contributed by atoms with E-state index in [1.165, 1.54) is 47.1 Å². The van der Waals surface area contributed by atoms with E-state index in [2.05, 4.69) is 98.7 Å². The molecule has 2 aliphatic carbocycles. The highest BCUT2D eigenvalue weighted by molar-refractivity contribution is 5.84. The number of aromatic nitrogens is 4. The number of aryl methyl sites for hydroxylation is 2. The number of carbonyl (C=O) groups is 1. The predicted octanol–water partition coefficient (Wildman–Crippen LogP) is 12.1. The Morgan fingerprint density at radius 1 is 0.640 bits per heavy atom. The third kappa shape index (κ3) is 16.7. The average Bonchev–Trinajstić information content (AvgIpc) is 4.00. The minimum absolute atomic E-state index is 0.266. The first kappa shape index (κ1) is 42.4. The minimum atomic E-state index is -0.397. The van der Waals surface area contributed by atoms with Gasteiger partial charge in [0.05, 0.1) is 0 Å². The van der Waals surface area contributed by atoms with Gasteiger partial charge in [-0.2, -0.15) is 4.39 Å². The highest BCUT2D eigenvalue weighted by atomic mass is 19.1. The molecule has 0 amide bonds. The summed E-state index contributed by atoms with van der Waals surface area (Å²) in [5, 5.41) is 0. The summed E-state index contributed by atoms with van der Waals surface area (Å²) in [6, 6.07) is 19.5.